The lowest BCUT2D eigenvalue weighted by atomic mass is 10.2. The zero-order chi connectivity index (χ0) is 17.8. The third-order valence-electron chi connectivity index (χ3n) is 3.82. The highest BCUT2D eigenvalue weighted by molar-refractivity contribution is 14.0. The zero-order valence-electron chi connectivity index (χ0n) is 15.6. The van der Waals surface area contributed by atoms with Crippen molar-refractivity contribution in [2.75, 3.05) is 33.7 Å². The fourth-order valence-corrected chi connectivity index (χ4v) is 2.41. The number of nitrogens with one attached hydrogen (secondary N) is 1. The topological polar surface area (TPSA) is 47.9 Å². The van der Waals surface area contributed by atoms with Gasteiger partial charge in [-0.2, -0.15) is 0 Å². The maximum absolute atomic E-state index is 12.5. The van der Waals surface area contributed by atoms with Crippen molar-refractivity contribution in [1.29, 1.82) is 0 Å². The first-order valence-corrected chi connectivity index (χ1v) is 8.46. The highest BCUT2D eigenvalue weighted by atomic mass is 127. The molecule has 6 heteroatoms. The molecule has 0 atom stereocenters. The largest absolute Gasteiger partial charge is 0.347 e. The first-order chi connectivity index (χ1) is 11.6. The molecule has 0 aliphatic heterocycles. The van der Waals surface area contributed by atoms with Gasteiger partial charge in [0.25, 0.3) is 0 Å². The van der Waals surface area contributed by atoms with Crippen LogP contribution in [0.3, 0.4) is 0 Å². The van der Waals surface area contributed by atoms with E-state index in [1.165, 1.54) is 0 Å². The highest BCUT2D eigenvalue weighted by Gasteiger charge is 2.13. The van der Waals surface area contributed by atoms with Gasteiger partial charge in [-0.1, -0.05) is 36.4 Å². The molecule has 0 saturated heterocycles. The Morgan fingerprint density at radius 2 is 2.00 bits per heavy atom. The molecule has 0 aromatic heterocycles. The molecule has 0 radical (unpaired) electrons. The highest BCUT2D eigenvalue weighted by Crippen LogP contribution is 2.04. The Morgan fingerprint density at radius 1 is 1.32 bits per heavy atom. The number of rotatable bonds is 9. The molecule has 5 nitrogen and oxygen atoms in total. The van der Waals surface area contributed by atoms with Crippen LogP contribution in [0.4, 0.5) is 0 Å². The van der Waals surface area contributed by atoms with Crippen molar-refractivity contribution in [3.63, 3.8) is 0 Å². The number of allylic oxidation sites excluding steroid dienone is 1. The van der Waals surface area contributed by atoms with Crippen molar-refractivity contribution in [3.8, 4) is 0 Å². The molecule has 1 aromatic carbocycles. The number of carbonyl (C=O) groups excluding carboxylic acids is 1. The number of halogens is 1. The number of amides is 1. The number of hydrogen-bond donors (Lipinski definition) is 1. The van der Waals surface area contributed by atoms with Gasteiger partial charge in [0.05, 0.1) is 6.54 Å². The van der Waals surface area contributed by atoms with Crippen LogP contribution in [0.5, 0.6) is 0 Å². The van der Waals surface area contributed by atoms with E-state index in [-0.39, 0.29) is 36.4 Å². The monoisotopic (exact) mass is 458 g/mol. The molecule has 25 heavy (non-hydrogen) atoms. The predicted octanol–water partition coefficient (Wildman–Crippen LogP) is 3.13. The van der Waals surface area contributed by atoms with Crippen LogP contribution >= 0.6 is 24.0 Å². The van der Waals surface area contributed by atoms with Crippen molar-refractivity contribution < 1.29 is 4.79 Å². The Labute approximate surface area is 169 Å². The van der Waals surface area contributed by atoms with Gasteiger partial charge in [0.1, 0.15) is 0 Å². The smallest absolute Gasteiger partial charge is 0.242 e. The van der Waals surface area contributed by atoms with Crippen molar-refractivity contribution in [1.82, 2.24) is 15.1 Å². The van der Waals surface area contributed by atoms with Crippen LogP contribution in [0.1, 0.15) is 25.3 Å². The van der Waals surface area contributed by atoms with E-state index in [1.807, 2.05) is 60.2 Å². The van der Waals surface area contributed by atoms with Gasteiger partial charge in [-0.15, -0.1) is 30.6 Å². The number of guanidine groups is 1. The van der Waals surface area contributed by atoms with E-state index in [0.29, 0.717) is 13.1 Å². The van der Waals surface area contributed by atoms with E-state index in [1.54, 1.807) is 7.05 Å². The lowest BCUT2D eigenvalue weighted by molar-refractivity contribution is -0.130. The summed E-state index contributed by atoms with van der Waals surface area (Å²) in [5.74, 6) is 0.810. The number of hydrogen-bond acceptors (Lipinski definition) is 2. The summed E-state index contributed by atoms with van der Waals surface area (Å²) in [6.07, 6.45) is 3.90. The Morgan fingerprint density at radius 3 is 2.56 bits per heavy atom. The molecule has 0 unspecified atom stereocenters. The maximum atomic E-state index is 12.5. The molecule has 140 valence electrons. The zero-order valence-corrected chi connectivity index (χ0v) is 17.9. The lowest BCUT2D eigenvalue weighted by Gasteiger charge is -2.24. The fraction of sp³-hybridized carbons (Fsp3) is 0.474. The molecule has 0 aliphatic carbocycles. The van der Waals surface area contributed by atoms with Crippen molar-refractivity contribution in [2.45, 2.75) is 26.3 Å². The van der Waals surface area contributed by atoms with E-state index in [2.05, 4.69) is 16.9 Å². The second-order valence-corrected chi connectivity index (χ2v) is 5.65. The van der Waals surface area contributed by atoms with Gasteiger partial charge in [-0.05, 0) is 25.3 Å². The van der Waals surface area contributed by atoms with Crippen molar-refractivity contribution in [3.05, 3.63) is 48.6 Å². The number of nitrogens with zero attached hydrogens (tertiary/aromatic N) is 3. The summed E-state index contributed by atoms with van der Waals surface area (Å²) in [5, 5.41) is 3.16. The molecule has 0 spiro atoms. The molecule has 0 saturated carbocycles. The quantitative estimate of drug-likeness (QED) is 0.203. The molecule has 0 bridgehead atoms. The normalized spacial score (nSPS) is 10.6. The number of likely N-dealkylation sites (N-methyl/N-ethyl adjacent to an activating group) is 1. The van der Waals surface area contributed by atoms with E-state index in [0.717, 1.165) is 30.9 Å². The minimum absolute atomic E-state index is 0. The summed E-state index contributed by atoms with van der Waals surface area (Å²) in [6, 6.07) is 10.0. The third kappa shape index (κ3) is 8.90. The number of carbonyl (C=O) groups is 1. The molecule has 0 aliphatic rings. The minimum Gasteiger partial charge on any atom is -0.347 e. The molecular weight excluding hydrogens is 427 g/mol. The SMILES string of the molecule is C=CCCCN(C)C(=NC)NCC(=O)N(CC)Cc1ccccc1.I. The molecule has 1 aromatic rings. The van der Waals surface area contributed by atoms with Crippen molar-refractivity contribution in [2.24, 2.45) is 4.99 Å². The first-order valence-electron chi connectivity index (χ1n) is 8.46. The van der Waals surface area contributed by atoms with Crippen LogP contribution < -0.4 is 5.32 Å². The second-order valence-electron chi connectivity index (χ2n) is 5.65. The van der Waals surface area contributed by atoms with Crippen LogP contribution in [-0.2, 0) is 11.3 Å². The Hall–Kier alpha value is -1.57. The molecule has 1 N–H and O–H groups in total. The van der Waals surface area contributed by atoms with Gasteiger partial charge in [0, 0.05) is 33.7 Å². The standard InChI is InChI=1S/C19H30N4O.HI/c1-5-7-11-14-22(4)19(20-3)21-15-18(24)23(6-2)16-17-12-9-8-10-13-17;/h5,8-10,12-13H,1,6-7,11,14-16H2,2-4H3,(H,20,21);1H. The van der Waals surface area contributed by atoms with E-state index in [4.69, 9.17) is 0 Å². The van der Waals surface area contributed by atoms with Crippen LogP contribution in [0.2, 0.25) is 0 Å². The summed E-state index contributed by atoms with van der Waals surface area (Å²) in [5.41, 5.74) is 1.14. The average molecular weight is 458 g/mol. The van der Waals surface area contributed by atoms with E-state index in [9.17, 15) is 4.79 Å². The number of unbranched alkanes of at least 4 members (excludes halogenated alkanes) is 1. The predicted molar refractivity (Wildman–Crippen MR) is 116 cm³/mol. The van der Waals surface area contributed by atoms with Gasteiger partial charge in [0.15, 0.2) is 5.96 Å². The first kappa shape index (κ1) is 23.4. The van der Waals surface area contributed by atoms with Crippen LogP contribution in [-0.4, -0.2) is 55.4 Å². The molecular formula is C19H31IN4O. The second kappa shape index (κ2) is 13.7. The number of benzene rings is 1. The Kier molecular flexibility index (Phi) is 12.8. The summed E-state index contributed by atoms with van der Waals surface area (Å²) in [7, 11) is 3.71. The molecule has 1 amide bonds. The summed E-state index contributed by atoms with van der Waals surface area (Å²) >= 11 is 0. The van der Waals surface area contributed by atoms with Gasteiger partial charge in [-0.25, -0.2) is 0 Å². The molecule has 0 fully saturated rings. The van der Waals surface area contributed by atoms with Crippen LogP contribution in [0.15, 0.2) is 48.0 Å². The Bertz CT molecular complexity index is 533. The van der Waals surface area contributed by atoms with Gasteiger partial charge >= 0.3 is 0 Å². The van der Waals surface area contributed by atoms with Gasteiger partial charge in [0.2, 0.25) is 5.91 Å². The average Bonchev–Trinajstić information content (AvgIpc) is 2.61. The molecule has 1 rings (SSSR count). The molecule has 0 heterocycles. The minimum atomic E-state index is 0. The third-order valence-corrected chi connectivity index (χ3v) is 3.82. The van der Waals surface area contributed by atoms with E-state index < -0.39 is 0 Å². The summed E-state index contributed by atoms with van der Waals surface area (Å²) in [6.45, 7) is 8.17. The van der Waals surface area contributed by atoms with E-state index >= 15 is 0 Å². The van der Waals surface area contributed by atoms with Crippen molar-refractivity contribution >= 4 is 35.8 Å². The fourth-order valence-electron chi connectivity index (χ4n) is 2.41. The van der Waals surface area contributed by atoms with Gasteiger partial charge < -0.3 is 15.1 Å². The van der Waals surface area contributed by atoms with Crippen LogP contribution in [0, 0.1) is 0 Å². The summed E-state index contributed by atoms with van der Waals surface area (Å²) < 4.78 is 0. The van der Waals surface area contributed by atoms with Crippen LogP contribution in [0.25, 0.3) is 0 Å². The maximum Gasteiger partial charge on any atom is 0.242 e. The number of aliphatic imine (C=N–C) groups is 1. The van der Waals surface area contributed by atoms with Gasteiger partial charge in [-0.3, -0.25) is 9.79 Å². The lowest BCUT2D eigenvalue weighted by Crippen LogP contribution is -2.45. The summed E-state index contributed by atoms with van der Waals surface area (Å²) in [4.78, 5) is 20.6. The Balaban J connectivity index is 0.00000576.